The fraction of sp³-hybridized carbons (Fsp3) is 0.222. The third-order valence-corrected chi connectivity index (χ3v) is 6.23. The first kappa shape index (κ1) is 28.2. The summed E-state index contributed by atoms with van der Waals surface area (Å²) in [5.74, 6) is 0.915. The quantitative estimate of drug-likeness (QED) is 0.216. The number of hydrazone groups is 1. The lowest BCUT2D eigenvalue weighted by Crippen LogP contribution is -2.43. The highest BCUT2D eigenvalue weighted by Gasteiger charge is 2.17. The molecule has 0 aromatic heterocycles. The maximum atomic E-state index is 12.4. The fourth-order valence-corrected chi connectivity index (χ4v) is 4.00. The van der Waals surface area contributed by atoms with Crippen LogP contribution >= 0.6 is 31.9 Å². The van der Waals surface area contributed by atoms with Gasteiger partial charge in [0.15, 0.2) is 11.5 Å². The molecule has 0 aliphatic heterocycles. The van der Waals surface area contributed by atoms with E-state index in [0.717, 1.165) is 10.0 Å². The van der Waals surface area contributed by atoms with E-state index >= 15 is 0 Å². The molecule has 2 N–H and O–H groups in total. The molecule has 3 aromatic carbocycles. The Bertz CT molecular complexity index is 1250. The van der Waals surface area contributed by atoms with Gasteiger partial charge in [0.2, 0.25) is 0 Å². The number of nitrogens with one attached hydrogen (secondary N) is 2. The average molecular weight is 633 g/mol. The highest BCUT2D eigenvalue weighted by atomic mass is 79.9. The molecule has 0 saturated carbocycles. The molecule has 0 aliphatic rings. The summed E-state index contributed by atoms with van der Waals surface area (Å²) in [7, 11) is 1.55. The Morgan fingerprint density at radius 3 is 2.38 bits per heavy atom. The van der Waals surface area contributed by atoms with Crippen LogP contribution in [0.2, 0.25) is 0 Å². The molecule has 8 nitrogen and oxygen atoms in total. The van der Waals surface area contributed by atoms with Crippen LogP contribution in [0.25, 0.3) is 0 Å². The number of ether oxygens (including phenoxy) is 3. The first-order valence-corrected chi connectivity index (χ1v) is 13.0. The van der Waals surface area contributed by atoms with E-state index in [1.54, 1.807) is 44.4 Å². The minimum atomic E-state index is -0.799. The summed E-state index contributed by atoms with van der Waals surface area (Å²) in [6.45, 7) is 4.28. The van der Waals surface area contributed by atoms with Crippen LogP contribution in [0.5, 0.6) is 17.2 Å². The summed E-state index contributed by atoms with van der Waals surface area (Å²) < 4.78 is 18.5. The van der Waals surface area contributed by atoms with Gasteiger partial charge in [-0.25, -0.2) is 5.43 Å². The number of hydrogen-bond acceptors (Lipinski definition) is 6. The zero-order chi connectivity index (χ0) is 26.8. The number of rotatable bonds is 11. The van der Waals surface area contributed by atoms with Crippen LogP contribution in [-0.2, 0) is 11.4 Å². The van der Waals surface area contributed by atoms with Crippen LogP contribution in [0.1, 0.15) is 35.3 Å². The van der Waals surface area contributed by atoms with E-state index in [-0.39, 0.29) is 5.91 Å². The number of halogens is 2. The molecule has 0 radical (unpaired) electrons. The largest absolute Gasteiger partial charge is 0.497 e. The summed E-state index contributed by atoms with van der Waals surface area (Å²) in [5, 5.41) is 6.67. The number of benzene rings is 3. The van der Waals surface area contributed by atoms with Crippen LogP contribution in [-0.4, -0.2) is 37.8 Å². The van der Waals surface area contributed by atoms with Gasteiger partial charge in [0.05, 0.1) is 24.4 Å². The maximum absolute atomic E-state index is 12.4. The smallest absolute Gasteiger partial charge is 0.262 e. The van der Waals surface area contributed by atoms with Crippen LogP contribution in [0, 0.1) is 0 Å². The molecule has 10 heteroatoms. The molecule has 194 valence electrons. The second-order valence-corrected chi connectivity index (χ2v) is 9.61. The van der Waals surface area contributed by atoms with E-state index in [9.17, 15) is 9.59 Å². The lowest BCUT2D eigenvalue weighted by Gasteiger charge is -2.15. The van der Waals surface area contributed by atoms with Gasteiger partial charge in [-0.2, -0.15) is 5.10 Å². The topological polar surface area (TPSA) is 98.2 Å². The average Bonchev–Trinajstić information content (AvgIpc) is 2.89. The Morgan fingerprint density at radius 2 is 1.73 bits per heavy atom. The van der Waals surface area contributed by atoms with Crippen molar-refractivity contribution in [1.82, 2.24) is 10.7 Å². The number of carbonyl (C=O) groups excluding carboxylic acids is 2. The van der Waals surface area contributed by atoms with Crippen molar-refractivity contribution >= 4 is 49.9 Å². The fourth-order valence-electron chi connectivity index (χ4n) is 3.16. The molecule has 0 bridgehead atoms. The Kier molecular flexibility index (Phi) is 10.5. The molecule has 1 atom stereocenters. The minimum Gasteiger partial charge on any atom is -0.497 e. The first-order chi connectivity index (χ1) is 17.8. The van der Waals surface area contributed by atoms with Crippen molar-refractivity contribution in [3.8, 4) is 17.2 Å². The van der Waals surface area contributed by atoms with E-state index in [0.29, 0.717) is 46.1 Å². The molecule has 0 fully saturated rings. The van der Waals surface area contributed by atoms with Crippen molar-refractivity contribution in [3.63, 3.8) is 0 Å². The van der Waals surface area contributed by atoms with Crippen molar-refractivity contribution in [2.45, 2.75) is 26.5 Å². The lowest BCUT2D eigenvalue weighted by molar-refractivity contribution is -0.122. The SMILES string of the molecule is CCOc1cc(C=NNC(=O)C(C)NC(=O)c2ccc(OC)cc2)cc(Br)c1OCc1ccc(Br)cc1. The molecule has 0 saturated heterocycles. The summed E-state index contributed by atoms with van der Waals surface area (Å²) >= 11 is 6.96. The zero-order valence-corrected chi connectivity index (χ0v) is 23.8. The second kappa shape index (κ2) is 13.8. The third-order valence-electron chi connectivity index (χ3n) is 5.11. The molecule has 1 unspecified atom stereocenters. The predicted octanol–water partition coefficient (Wildman–Crippen LogP) is 5.47. The number of nitrogens with zero attached hydrogens (tertiary/aromatic N) is 1. The van der Waals surface area contributed by atoms with Gasteiger partial charge in [0, 0.05) is 10.0 Å². The Balaban J connectivity index is 1.60. The van der Waals surface area contributed by atoms with Gasteiger partial charge in [0.1, 0.15) is 18.4 Å². The van der Waals surface area contributed by atoms with Gasteiger partial charge < -0.3 is 19.5 Å². The number of amides is 2. The monoisotopic (exact) mass is 631 g/mol. The van der Waals surface area contributed by atoms with Crippen LogP contribution < -0.4 is 25.0 Å². The number of carbonyl (C=O) groups is 2. The van der Waals surface area contributed by atoms with E-state index in [4.69, 9.17) is 14.2 Å². The summed E-state index contributed by atoms with van der Waals surface area (Å²) in [6.07, 6.45) is 1.49. The highest BCUT2D eigenvalue weighted by Crippen LogP contribution is 2.37. The Labute approximate surface area is 232 Å². The van der Waals surface area contributed by atoms with Crippen LogP contribution in [0.4, 0.5) is 0 Å². The van der Waals surface area contributed by atoms with Crippen molar-refractivity contribution in [2.24, 2.45) is 5.10 Å². The van der Waals surface area contributed by atoms with E-state index in [2.05, 4.69) is 47.7 Å². The predicted molar refractivity (Wildman–Crippen MR) is 149 cm³/mol. The molecule has 0 spiro atoms. The van der Waals surface area contributed by atoms with Gasteiger partial charge in [-0.05, 0) is 89.4 Å². The summed E-state index contributed by atoms with van der Waals surface area (Å²) in [6, 6.07) is 17.2. The molecule has 3 aromatic rings. The van der Waals surface area contributed by atoms with Crippen molar-refractivity contribution in [3.05, 3.63) is 86.3 Å². The molecular formula is C27H27Br2N3O5. The van der Waals surface area contributed by atoms with Crippen molar-refractivity contribution in [1.29, 1.82) is 0 Å². The number of hydrogen-bond donors (Lipinski definition) is 2. The van der Waals surface area contributed by atoms with Gasteiger partial charge >= 0.3 is 0 Å². The van der Waals surface area contributed by atoms with Crippen LogP contribution in [0.15, 0.2) is 74.7 Å². The summed E-state index contributed by atoms with van der Waals surface area (Å²) in [5.41, 5.74) is 4.56. The maximum Gasteiger partial charge on any atom is 0.262 e. The molecular weight excluding hydrogens is 606 g/mol. The van der Waals surface area contributed by atoms with Gasteiger partial charge in [-0.1, -0.05) is 28.1 Å². The first-order valence-electron chi connectivity index (χ1n) is 11.4. The molecule has 0 aliphatic carbocycles. The zero-order valence-electron chi connectivity index (χ0n) is 20.6. The molecule has 3 rings (SSSR count). The molecule has 0 heterocycles. The van der Waals surface area contributed by atoms with Gasteiger partial charge in [-0.3, -0.25) is 9.59 Å². The van der Waals surface area contributed by atoms with E-state index in [1.807, 2.05) is 37.3 Å². The molecule has 2 amide bonds. The minimum absolute atomic E-state index is 0.371. The van der Waals surface area contributed by atoms with Crippen LogP contribution in [0.3, 0.4) is 0 Å². The number of methoxy groups -OCH3 is 1. The third kappa shape index (κ3) is 8.33. The highest BCUT2D eigenvalue weighted by molar-refractivity contribution is 9.10. The van der Waals surface area contributed by atoms with Gasteiger partial charge in [-0.15, -0.1) is 0 Å². The molecule has 37 heavy (non-hydrogen) atoms. The lowest BCUT2D eigenvalue weighted by atomic mass is 10.2. The van der Waals surface area contributed by atoms with E-state index < -0.39 is 11.9 Å². The standard InChI is InChI=1S/C27H27Br2N3O5/c1-4-36-24-14-19(13-23(29)25(24)37-16-18-5-9-21(28)10-6-18)15-30-32-26(33)17(2)31-27(34)20-7-11-22(35-3)12-8-20/h5-15,17H,4,16H2,1-3H3,(H,31,34)(H,32,33). The van der Waals surface area contributed by atoms with Gasteiger partial charge in [0.25, 0.3) is 11.8 Å². The Morgan fingerprint density at radius 1 is 1.03 bits per heavy atom. The van der Waals surface area contributed by atoms with Crippen molar-refractivity contribution < 1.29 is 23.8 Å². The Hall–Kier alpha value is -3.37. The normalized spacial score (nSPS) is 11.6. The van der Waals surface area contributed by atoms with Crippen molar-refractivity contribution in [2.75, 3.05) is 13.7 Å². The second-order valence-electron chi connectivity index (χ2n) is 7.84. The summed E-state index contributed by atoms with van der Waals surface area (Å²) in [4.78, 5) is 24.8. The van der Waals surface area contributed by atoms with E-state index in [1.165, 1.54) is 6.21 Å².